The van der Waals surface area contributed by atoms with Gasteiger partial charge in [-0.2, -0.15) is 0 Å². The third kappa shape index (κ3) is 4.98. The maximum Gasteiger partial charge on any atom is 0.411 e. The Morgan fingerprint density at radius 1 is 1.54 bits per heavy atom. The summed E-state index contributed by atoms with van der Waals surface area (Å²) >= 11 is 5.79. The molecule has 0 aliphatic rings. The number of amides is 1. The van der Waals surface area contributed by atoms with E-state index in [1.165, 1.54) is 4.90 Å². The largest absolute Gasteiger partial charge is 0.444 e. The first kappa shape index (κ1) is 12.6. The van der Waals surface area contributed by atoms with E-state index >= 15 is 0 Å². The second-order valence-corrected chi connectivity index (χ2v) is 4.47. The lowest BCUT2D eigenvalue weighted by molar-refractivity contribution is 0.0245. The Kier molecular flexibility index (Phi) is 4.54. The van der Waals surface area contributed by atoms with Crippen LogP contribution in [-0.2, 0) is 4.74 Å². The zero-order valence-corrected chi connectivity index (χ0v) is 9.68. The Morgan fingerprint density at radius 2 is 2.00 bits per heavy atom. The Hall–Kier alpha value is -0.440. The number of alkyl halides is 1. The fourth-order valence-corrected chi connectivity index (χ4v) is 1.06. The van der Waals surface area contributed by atoms with Crippen LogP contribution in [0.15, 0.2) is 0 Å². The molecule has 0 aromatic carbocycles. The zero-order chi connectivity index (χ0) is 10.6. The Labute approximate surface area is 85.0 Å². The van der Waals surface area contributed by atoms with Crippen molar-refractivity contribution in [2.75, 3.05) is 6.54 Å². The summed E-state index contributed by atoms with van der Waals surface area (Å²) in [6.45, 7) is 9.66. The second kappa shape index (κ2) is 4.70. The molecule has 0 radical (unpaired) electrons. The molecule has 0 fully saturated rings. The van der Waals surface area contributed by atoms with Crippen molar-refractivity contribution in [2.45, 2.75) is 45.7 Å². The average Bonchev–Trinajstić information content (AvgIpc) is 1.82. The quantitative estimate of drug-likeness (QED) is 0.515. The molecule has 0 N–H and O–H groups in total. The Morgan fingerprint density at radius 3 is 2.23 bits per heavy atom. The molecule has 0 spiro atoms. The molecule has 0 saturated carbocycles. The molecule has 0 aliphatic carbocycles. The monoisotopic (exact) mass is 207 g/mol. The second-order valence-electron chi connectivity index (χ2n) is 3.84. The maximum absolute atomic E-state index is 11.5. The van der Waals surface area contributed by atoms with Crippen molar-refractivity contribution in [3.8, 4) is 0 Å². The van der Waals surface area contributed by atoms with Crippen molar-refractivity contribution in [1.29, 1.82) is 0 Å². The molecule has 0 bridgehead atoms. The fourth-order valence-electron chi connectivity index (χ4n) is 0.846. The summed E-state index contributed by atoms with van der Waals surface area (Å²) in [5.41, 5.74) is -0.795. The number of carbonyl (C=O) groups is 1. The molecule has 0 heterocycles. The Balaban J connectivity index is 4.23. The van der Waals surface area contributed by atoms with E-state index in [4.69, 9.17) is 16.3 Å². The Bertz CT molecular complexity index is 175. The lowest BCUT2D eigenvalue weighted by Crippen LogP contribution is -2.39. The molecule has 1 atom stereocenters. The number of ether oxygens (including phenoxy) is 1. The molecule has 0 aromatic rings. The van der Waals surface area contributed by atoms with Gasteiger partial charge in [-0.25, -0.2) is 4.79 Å². The van der Waals surface area contributed by atoms with Crippen molar-refractivity contribution in [1.82, 2.24) is 4.90 Å². The number of hydrogen-bond donors (Lipinski definition) is 0. The van der Waals surface area contributed by atoms with Crippen molar-refractivity contribution >= 4 is 17.7 Å². The van der Waals surface area contributed by atoms with Gasteiger partial charge >= 0.3 is 6.09 Å². The van der Waals surface area contributed by atoms with Crippen LogP contribution >= 0.6 is 11.6 Å². The van der Waals surface area contributed by atoms with Gasteiger partial charge < -0.3 is 4.74 Å². The predicted octanol–water partition coefficient (Wildman–Crippen LogP) is 2.83. The normalized spacial score (nSPS) is 13.7. The topological polar surface area (TPSA) is 29.5 Å². The summed E-state index contributed by atoms with van der Waals surface area (Å²) in [7, 11) is 0. The molecule has 1 amide bonds. The van der Waals surface area contributed by atoms with E-state index in [9.17, 15) is 4.79 Å². The number of halogens is 1. The molecule has 0 aromatic heterocycles. The minimum absolute atomic E-state index is 0.333. The molecule has 0 aliphatic heterocycles. The highest BCUT2D eigenvalue weighted by molar-refractivity contribution is 6.20. The molecule has 0 saturated heterocycles. The lowest BCUT2D eigenvalue weighted by Gasteiger charge is -2.27. The van der Waals surface area contributed by atoms with Crippen molar-refractivity contribution in [2.24, 2.45) is 0 Å². The van der Waals surface area contributed by atoms with Crippen LogP contribution < -0.4 is 0 Å². The highest BCUT2D eigenvalue weighted by Gasteiger charge is 2.23. The van der Waals surface area contributed by atoms with Gasteiger partial charge in [0.2, 0.25) is 0 Å². The van der Waals surface area contributed by atoms with Crippen LogP contribution in [0.25, 0.3) is 0 Å². The molecular weight excluding hydrogens is 190 g/mol. The lowest BCUT2D eigenvalue weighted by atomic mass is 10.2. The van der Waals surface area contributed by atoms with Crippen LogP contribution in [-0.4, -0.2) is 28.6 Å². The van der Waals surface area contributed by atoms with Crippen LogP contribution in [0, 0.1) is 0 Å². The van der Waals surface area contributed by atoms with Crippen LogP contribution in [0.4, 0.5) is 4.79 Å². The van der Waals surface area contributed by atoms with Crippen molar-refractivity contribution in [3.63, 3.8) is 0 Å². The van der Waals surface area contributed by atoms with E-state index < -0.39 is 5.60 Å². The highest BCUT2D eigenvalue weighted by atomic mass is 35.5. The van der Waals surface area contributed by atoms with E-state index in [1.54, 1.807) is 6.92 Å². The SMILES string of the molecule is CCN(C(=O)OC(C)(C)C)C(C)Cl. The molecule has 1 unspecified atom stereocenters. The third-order valence-corrected chi connectivity index (χ3v) is 1.63. The third-order valence-electron chi connectivity index (χ3n) is 1.40. The van der Waals surface area contributed by atoms with Gasteiger partial charge in [0, 0.05) is 6.54 Å². The molecule has 78 valence electrons. The smallest absolute Gasteiger partial charge is 0.411 e. The summed E-state index contributed by atoms with van der Waals surface area (Å²) in [4.78, 5) is 12.9. The van der Waals surface area contributed by atoms with Crippen molar-refractivity contribution in [3.05, 3.63) is 0 Å². The molecule has 13 heavy (non-hydrogen) atoms. The predicted molar refractivity (Wildman–Crippen MR) is 53.9 cm³/mol. The van der Waals surface area contributed by atoms with E-state index in [0.717, 1.165) is 0 Å². The van der Waals surface area contributed by atoms with Crippen LogP contribution in [0.3, 0.4) is 0 Å². The van der Waals surface area contributed by atoms with Gasteiger partial charge in [0.25, 0.3) is 0 Å². The van der Waals surface area contributed by atoms with E-state index in [0.29, 0.717) is 6.54 Å². The number of hydrogen-bond acceptors (Lipinski definition) is 2. The van der Waals surface area contributed by atoms with Gasteiger partial charge in [0.1, 0.15) is 11.1 Å². The minimum atomic E-state index is -0.462. The summed E-state index contributed by atoms with van der Waals surface area (Å²) in [5, 5.41) is 0. The zero-order valence-electron chi connectivity index (χ0n) is 8.93. The van der Waals surface area contributed by atoms with E-state index in [2.05, 4.69) is 0 Å². The first-order chi connectivity index (χ1) is 5.78. The number of carbonyl (C=O) groups excluding carboxylic acids is 1. The van der Waals surface area contributed by atoms with Crippen LogP contribution in [0.2, 0.25) is 0 Å². The summed E-state index contributed by atoms with van der Waals surface area (Å²) in [5.74, 6) is 0. The van der Waals surface area contributed by atoms with Crippen molar-refractivity contribution < 1.29 is 9.53 Å². The standard InChI is InChI=1S/C9H18ClNO2/c1-6-11(7(2)10)8(12)13-9(3,4)5/h7H,6H2,1-5H3. The first-order valence-electron chi connectivity index (χ1n) is 4.41. The summed E-state index contributed by atoms with van der Waals surface area (Å²) < 4.78 is 5.15. The summed E-state index contributed by atoms with van der Waals surface area (Å²) in [6, 6.07) is 0. The molecule has 3 nitrogen and oxygen atoms in total. The molecule has 0 rings (SSSR count). The van der Waals surface area contributed by atoms with Crippen LogP contribution in [0.1, 0.15) is 34.6 Å². The summed E-state index contributed by atoms with van der Waals surface area (Å²) in [6.07, 6.45) is -0.363. The van der Waals surface area contributed by atoms with Crippen LogP contribution in [0.5, 0.6) is 0 Å². The minimum Gasteiger partial charge on any atom is -0.444 e. The van der Waals surface area contributed by atoms with E-state index in [-0.39, 0.29) is 11.6 Å². The van der Waals surface area contributed by atoms with Gasteiger partial charge in [0.15, 0.2) is 0 Å². The van der Waals surface area contributed by atoms with Gasteiger partial charge in [-0.3, -0.25) is 4.90 Å². The highest BCUT2D eigenvalue weighted by Crippen LogP contribution is 2.12. The molecular formula is C9H18ClNO2. The fraction of sp³-hybridized carbons (Fsp3) is 0.889. The number of nitrogens with zero attached hydrogens (tertiary/aromatic N) is 1. The van der Waals surface area contributed by atoms with Gasteiger partial charge in [-0.15, -0.1) is 0 Å². The van der Waals surface area contributed by atoms with Gasteiger partial charge in [-0.05, 0) is 34.6 Å². The van der Waals surface area contributed by atoms with E-state index in [1.807, 2.05) is 27.7 Å². The first-order valence-corrected chi connectivity index (χ1v) is 4.85. The van der Waals surface area contributed by atoms with Gasteiger partial charge in [0.05, 0.1) is 0 Å². The number of rotatable bonds is 2. The maximum atomic E-state index is 11.5. The molecule has 4 heteroatoms. The average molecular weight is 208 g/mol. The van der Waals surface area contributed by atoms with Gasteiger partial charge in [-0.1, -0.05) is 11.6 Å².